The summed E-state index contributed by atoms with van der Waals surface area (Å²) in [5.74, 6) is -0.208. The molecule has 0 bridgehead atoms. The van der Waals surface area contributed by atoms with Gasteiger partial charge in [-0.3, -0.25) is 9.59 Å². The highest BCUT2D eigenvalue weighted by Gasteiger charge is 2.30. The zero-order chi connectivity index (χ0) is 12.7. The minimum atomic E-state index is -0.105. The third kappa shape index (κ3) is 1.94. The lowest BCUT2D eigenvalue weighted by atomic mass is 10.3. The van der Waals surface area contributed by atoms with Crippen LogP contribution in [0.5, 0.6) is 0 Å². The Bertz CT molecular complexity index is 504. The molecule has 6 nitrogen and oxygen atoms in total. The number of hydrogen-bond acceptors (Lipinski definition) is 3. The number of carbonyl (C=O) groups excluding carboxylic acids is 2. The van der Waals surface area contributed by atoms with Crippen LogP contribution in [0.15, 0.2) is 12.3 Å². The number of aromatic nitrogens is 1. The van der Waals surface area contributed by atoms with Gasteiger partial charge in [0.25, 0.3) is 5.91 Å². The molecule has 0 spiro atoms. The van der Waals surface area contributed by atoms with Gasteiger partial charge in [-0.25, -0.2) is 0 Å². The Morgan fingerprint density at radius 2 is 2.22 bits per heavy atom. The van der Waals surface area contributed by atoms with Crippen LogP contribution in [0.2, 0.25) is 0 Å². The first-order chi connectivity index (χ1) is 8.65. The van der Waals surface area contributed by atoms with Gasteiger partial charge in [0.15, 0.2) is 0 Å². The summed E-state index contributed by atoms with van der Waals surface area (Å²) in [6.45, 7) is 1.21. The Labute approximate surface area is 105 Å². The van der Waals surface area contributed by atoms with Crippen LogP contribution < -0.4 is 11.1 Å². The summed E-state index contributed by atoms with van der Waals surface area (Å²) in [4.78, 5) is 25.3. The topological polar surface area (TPSA) is 80.4 Å². The van der Waals surface area contributed by atoms with E-state index >= 15 is 0 Å². The minimum Gasteiger partial charge on any atom is -0.397 e. The quantitative estimate of drug-likeness (QED) is 0.771. The Hall–Kier alpha value is -1.98. The van der Waals surface area contributed by atoms with Crippen molar-refractivity contribution in [2.75, 3.05) is 25.4 Å². The summed E-state index contributed by atoms with van der Waals surface area (Å²) < 4.78 is 1.95. The predicted octanol–water partition coefficient (Wildman–Crippen LogP) is -0.0228. The molecule has 1 saturated heterocycles. The van der Waals surface area contributed by atoms with Crippen LogP contribution in [0.1, 0.15) is 29.4 Å². The second kappa shape index (κ2) is 4.04. The smallest absolute Gasteiger partial charge is 0.271 e. The Balaban J connectivity index is 1.85. The monoisotopic (exact) mass is 248 g/mol. The molecule has 1 aliphatic carbocycles. The number of amides is 2. The second-order valence-electron chi connectivity index (χ2n) is 4.87. The molecule has 18 heavy (non-hydrogen) atoms. The molecule has 0 atom stereocenters. The van der Waals surface area contributed by atoms with Crippen molar-refractivity contribution in [2.24, 2.45) is 0 Å². The average molecular weight is 248 g/mol. The molecular formula is C12H16N4O2. The maximum absolute atomic E-state index is 12.4. The van der Waals surface area contributed by atoms with Crippen molar-refractivity contribution in [1.29, 1.82) is 0 Å². The predicted molar refractivity (Wildman–Crippen MR) is 66.0 cm³/mol. The van der Waals surface area contributed by atoms with Gasteiger partial charge < -0.3 is 20.5 Å². The third-order valence-corrected chi connectivity index (χ3v) is 3.35. The third-order valence-electron chi connectivity index (χ3n) is 3.35. The number of carbonyl (C=O) groups is 2. The minimum absolute atomic E-state index is 0.103. The van der Waals surface area contributed by atoms with Crippen molar-refractivity contribution in [1.82, 2.24) is 14.8 Å². The van der Waals surface area contributed by atoms with Crippen LogP contribution in [0, 0.1) is 0 Å². The normalized spacial score (nSPS) is 19.8. The molecule has 1 aromatic heterocycles. The molecule has 96 valence electrons. The van der Waals surface area contributed by atoms with E-state index in [0.717, 1.165) is 12.8 Å². The molecule has 3 rings (SSSR count). The molecule has 2 heterocycles. The summed E-state index contributed by atoms with van der Waals surface area (Å²) in [6, 6.07) is 2.10. The molecular weight excluding hydrogens is 232 g/mol. The zero-order valence-electron chi connectivity index (χ0n) is 10.1. The van der Waals surface area contributed by atoms with E-state index in [1.807, 2.05) is 10.8 Å². The standard InChI is InChI=1S/C12H16N4O2/c13-8-5-10(16(6-8)9-1-2-9)12(18)15-4-3-14-11(17)7-15/h5-6,9H,1-4,7,13H2,(H,14,17). The van der Waals surface area contributed by atoms with Gasteiger partial charge in [0.1, 0.15) is 5.69 Å². The lowest BCUT2D eigenvalue weighted by molar-refractivity contribution is -0.123. The molecule has 3 N–H and O–H groups in total. The Kier molecular flexibility index (Phi) is 2.50. The van der Waals surface area contributed by atoms with Crippen LogP contribution in [-0.2, 0) is 4.79 Å². The van der Waals surface area contributed by atoms with E-state index in [1.54, 1.807) is 11.0 Å². The molecule has 1 aromatic rings. The van der Waals surface area contributed by atoms with Gasteiger partial charge in [-0.2, -0.15) is 0 Å². The van der Waals surface area contributed by atoms with Gasteiger partial charge in [-0.15, -0.1) is 0 Å². The highest BCUT2D eigenvalue weighted by Crippen LogP contribution is 2.37. The van der Waals surface area contributed by atoms with Crippen LogP contribution in [-0.4, -0.2) is 40.9 Å². The average Bonchev–Trinajstić information content (AvgIpc) is 3.12. The fraction of sp³-hybridized carbons (Fsp3) is 0.500. The number of rotatable bonds is 2. The number of piperazine rings is 1. The molecule has 1 saturated carbocycles. The SMILES string of the molecule is Nc1cc(C(=O)N2CCNC(=O)C2)n(C2CC2)c1. The lowest BCUT2D eigenvalue weighted by Gasteiger charge is -2.27. The summed E-state index contributed by atoms with van der Waals surface area (Å²) in [5.41, 5.74) is 6.97. The number of nitrogen functional groups attached to an aromatic ring is 1. The van der Waals surface area contributed by atoms with Crippen LogP contribution >= 0.6 is 0 Å². The highest BCUT2D eigenvalue weighted by molar-refractivity contribution is 5.96. The van der Waals surface area contributed by atoms with Crippen molar-refractivity contribution in [3.63, 3.8) is 0 Å². The summed E-state index contributed by atoms with van der Waals surface area (Å²) in [5, 5.41) is 2.71. The Morgan fingerprint density at radius 3 is 2.89 bits per heavy atom. The summed E-state index contributed by atoms with van der Waals surface area (Å²) >= 11 is 0. The van der Waals surface area contributed by atoms with Crippen LogP contribution in [0.3, 0.4) is 0 Å². The molecule has 1 aliphatic heterocycles. The van der Waals surface area contributed by atoms with Gasteiger partial charge in [-0.1, -0.05) is 0 Å². The highest BCUT2D eigenvalue weighted by atomic mass is 16.2. The summed E-state index contributed by atoms with van der Waals surface area (Å²) in [6.07, 6.45) is 4.00. The van der Waals surface area contributed by atoms with Crippen molar-refractivity contribution >= 4 is 17.5 Å². The first kappa shape index (κ1) is 11.1. The number of nitrogens with one attached hydrogen (secondary N) is 1. The van der Waals surface area contributed by atoms with Gasteiger partial charge in [0.05, 0.1) is 12.2 Å². The number of nitrogens with two attached hydrogens (primary N) is 1. The van der Waals surface area contributed by atoms with E-state index in [2.05, 4.69) is 5.32 Å². The van der Waals surface area contributed by atoms with E-state index in [1.165, 1.54) is 0 Å². The van der Waals surface area contributed by atoms with E-state index in [4.69, 9.17) is 5.73 Å². The first-order valence-electron chi connectivity index (χ1n) is 6.18. The Morgan fingerprint density at radius 1 is 1.44 bits per heavy atom. The number of hydrogen-bond donors (Lipinski definition) is 2. The van der Waals surface area contributed by atoms with Gasteiger partial charge in [0, 0.05) is 25.3 Å². The maximum Gasteiger partial charge on any atom is 0.271 e. The van der Waals surface area contributed by atoms with E-state index in [9.17, 15) is 9.59 Å². The van der Waals surface area contributed by atoms with E-state index in [0.29, 0.717) is 30.5 Å². The van der Waals surface area contributed by atoms with Crippen LogP contribution in [0.25, 0.3) is 0 Å². The first-order valence-corrected chi connectivity index (χ1v) is 6.18. The molecule has 6 heteroatoms. The van der Waals surface area contributed by atoms with Crippen molar-refractivity contribution in [2.45, 2.75) is 18.9 Å². The largest absolute Gasteiger partial charge is 0.397 e. The fourth-order valence-electron chi connectivity index (χ4n) is 2.30. The van der Waals surface area contributed by atoms with Crippen molar-refractivity contribution in [3.05, 3.63) is 18.0 Å². The van der Waals surface area contributed by atoms with E-state index in [-0.39, 0.29) is 18.4 Å². The van der Waals surface area contributed by atoms with Gasteiger partial charge in [-0.05, 0) is 18.9 Å². The fourth-order valence-corrected chi connectivity index (χ4v) is 2.30. The van der Waals surface area contributed by atoms with Gasteiger partial charge >= 0.3 is 0 Å². The van der Waals surface area contributed by atoms with E-state index < -0.39 is 0 Å². The number of anilines is 1. The van der Waals surface area contributed by atoms with Crippen molar-refractivity contribution in [3.8, 4) is 0 Å². The molecule has 2 amide bonds. The molecule has 2 fully saturated rings. The molecule has 2 aliphatic rings. The van der Waals surface area contributed by atoms with Crippen LogP contribution in [0.4, 0.5) is 5.69 Å². The van der Waals surface area contributed by atoms with Crippen molar-refractivity contribution < 1.29 is 9.59 Å². The summed E-state index contributed by atoms with van der Waals surface area (Å²) in [7, 11) is 0. The molecule has 0 radical (unpaired) electrons. The molecule has 0 unspecified atom stereocenters. The molecule has 0 aromatic carbocycles. The second-order valence-corrected chi connectivity index (χ2v) is 4.87. The number of nitrogens with zero attached hydrogens (tertiary/aromatic N) is 2. The maximum atomic E-state index is 12.4. The zero-order valence-corrected chi connectivity index (χ0v) is 10.1. The van der Waals surface area contributed by atoms with Gasteiger partial charge in [0.2, 0.25) is 5.91 Å². The lowest BCUT2D eigenvalue weighted by Crippen LogP contribution is -2.50.